The fourth-order valence-corrected chi connectivity index (χ4v) is 2.00. The summed E-state index contributed by atoms with van der Waals surface area (Å²) in [6.45, 7) is 3.78. The molecule has 2 heterocycles. The van der Waals surface area contributed by atoms with Gasteiger partial charge in [-0.1, -0.05) is 6.42 Å². The Morgan fingerprint density at radius 3 is 3.00 bits per heavy atom. The van der Waals surface area contributed by atoms with Crippen LogP contribution < -0.4 is 10.1 Å². The van der Waals surface area contributed by atoms with Crippen molar-refractivity contribution in [1.29, 1.82) is 0 Å². The van der Waals surface area contributed by atoms with Crippen LogP contribution in [-0.4, -0.2) is 29.2 Å². The third-order valence-corrected chi connectivity index (χ3v) is 2.95. The highest BCUT2D eigenvalue weighted by Crippen LogP contribution is 2.13. The quantitative estimate of drug-likeness (QED) is 0.840. The van der Waals surface area contributed by atoms with Crippen LogP contribution in [0.5, 0.6) is 5.88 Å². The lowest BCUT2D eigenvalue weighted by Gasteiger charge is -2.23. The molecule has 0 spiro atoms. The van der Waals surface area contributed by atoms with Crippen LogP contribution in [0.25, 0.3) is 0 Å². The van der Waals surface area contributed by atoms with E-state index in [0.717, 1.165) is 25.3 Å². The fourth-order valence-electron chi connectivity index (χ4n) is 2.00. The van der Waals surface area contributed by atoms with Gasteiger partial charge in [-0.05, 0) is 32.7 Å². The van der Waals surface area contributed by atoms with Crippen molar-refractivity contribution in [3.8, 4) is 5.88 Å². The Morgan fingerprint density at radius 2 is 2.25 bits per heavy atom. The summed E-state index contributed by atoms with van der Waals surface area (Å²) in [6, 6.07) is 0.616. The molecule has 1 aliphatic heterocycles. The molecule has 0 saturated carbocycles. The van der Waals surface area contributed by atoms with E-state index in [2.05, 4.69) is 15.3 Å². The number of nitrogens with one attached hydrogen (secondary N) is 1. The van der Waals surface area contributed by atoms with Crippen LogP contribution in [0.15, 0.2) is 12.4 Å². The third kappa shape index (κ3) is 3.17. The summed E-state index contributed by atoms with van der Waals surface area (Å²) in [5, 5.41) is 3.50. The molecule has 88 valence electrons. The molecule has 1 aromatic rings. The Labute approximate surface area is 96.4 Å². The van der Waals surface area contributed by atoms with E-state index >= 15 is 0 Å². The lowest BCUT2D eigenvalue weighted by molar-refractivity contribution is 0.258. The van der Waals surface area contributed by atoms with Crippen molar-refractivity contribution in [3.63, 3.8) is 0 Å². The van der Waals surface area contributed by atoms with Crippen molar-refractivity contribution in [2.45, 2.75) is 38.6 Å². The van der Waals surface area contributed by atoms with Gasteiger partial charge in [0.05, 0.1) is 12.3 Å². The van der Waals surface area contributed by atoms with E-state index in [0.29, 0.717) is 11.9 Å². The summed E-state index contributed by atoms with van der Waals surface area (Å²) in [5.74, 6) is 0.665. The molecule has 1 aliphatic rings. The monoisotopic (exact) mass is 221 g/mol. The second-order valence-corrected chi connectivity index (χ2v) is 4.23. The van der Waals surface area contributed by atoms with Crippen LogP contribution in [0.1, 0.15) is 31.4 Å². The number of aromatic nitrogens is 2. The van der Waals surface area contributed by atoms with Crippen molar-refractivity contribution in [3.05, 3.63) is 18.1 Å². The van der Waals surface area contributed by atoms with Crippen LogP contribution in [0.2, 0.25) is 0 Å². The van der Waals surface area contributed by atoms with Crippen LogP contribution >= 0.6 is 0 Å². The van der Waals surface area contributed by atoms with Crippen molar-refractivity contribution in [2.75, 3.05) is 13.2 Å². The molecule has 1 unspecified atom stereocenters. The fraction of sp³-hybridized carbons (Fsp3) is 0.667. The predicted octanol–water partition coefficient (Wildman–Crippen LogP) is 1.70. The highest BCUT2D eigenvalue weighted by atomic mass is 16.5. The first-order valence-electron chi connectivity index (χ1n) is 6.00. The van der Waals surface area contributed by atoms with E-state index in [1.165, 1.54) is 19.3 Å². The standard InChI is InChI=1S/C12H19N3O/c1-10-12(15-8-7-13-10)16-9-5-11-4-2-3-6-14-11/h7-8,11,14H,2-6,9H2,1H3. The van der Waals surface area contributed by atoms with Gasteiger partial charge in [-0.3, -0.25) is 4.98 Å². The molecular formula is C12H19N3O. The lowest BCUT2D eigenvalue weighted by Crippen LogP contribution is -2.35. The van der Waals surface area contributed by atoms with Gasteiger partial charge in [0.1, 0.15) is 0 Å². The van der Waals surface area contributed by atoms with Crippen molar-refractivity contribution < 1.29 is 4.74 Å². The topological polar surface area (TPSA) is 47.0 Å². The maximum absolute atomic E-state index is 5.63. The van der Waals surface area contributed by atoms with Gasteiger partial charge in [0.15, 0.2) is 0 Å². The van der Waals surface area contributed by atoms with Crippen LogP contribution in [0.4, 0.5) is 0 Å². The van der Waals surface area contributed by atoms with Gasteiger partial charge >= 0.3 is 0 Å². The molecule has 1 fully saturated rings. The lowest BCUT2D eigenvalue weighted by atomic mass is 10.0. The molecule has 0 aromatic carbocycles. The average molecular weight is 221 g/mol. The zero-order valence-electron chi connectivity index (χ0n) is 9.78. The van der Waals surface area contributed by atoms with E-state index in [-0.39, 0.29) is 0 Å². The van der Waals surface area contributed by atoms with Crippen LogP contribution in [0.3, 0.4) is 0 Å². The first kappa shape index (κ1) is 11.3. The molecule has 16 heavy (non-hydrogen) atoms. The zero-order chi connectivity index (χ0) is 11.2. The van der Waals surface area contributed by atoms with Crippen molar-refractivity contribution in [1.82, 2.24) is 15.3 Å². The summed E-state index contributed by atoms with van der Waals surface area (Å²) < 4.78 is 5.63. The van der Waals surface area contributed by atoms with Crippen molar-refractivity contribution >= 4 is 0 Å². The summed E-state index contributed by atoms with van der Waals surface area (Å²) in [7, 11) is 0. The van der Waals surface area contributed by atoms with Gasteiger partial charge in [0.2, 0.25) is 5.88 Å². The average Bonchev–Trinajstić information content (AvgIpc) is 2.33. The molecule has 1 saturated heterocycles. The molecule has 0 aliphatic carbocycles. The van der Waals surface area contributed by atoms with Gasteiger partial charge in [-0.2, -0.15) is 0 Å². The number of rotatable bonds is 4. The molecule has 2 rings (SSSR count). The molecule has 1 atom stereocenters. The van der Waals surface area contributed by atoms with Crippen LogP contribution in [-0.2, 0) is 0 Å². The largest absolute Gasteiger partial charge is 0.476 e. The number of piperidine rings is 1. The summed E-state index contributed by atoms with van der Waals surface area (Å²) in [4.78, 5) is 8.30. The van der Waals surface area contributed by atoms with E-state index in [4.69, 9.17) is 4.74 Å². The Kier molecular flexibility index (Phi) is 4.10. The molecule has 0 radical (unpaired) electrons. The Morgan fingerprint density at radius 1 is 1.38 bits per heavy atom. The van der Waals surface area contributed by atoms with E-state index in [9.17, 15) is 0 Å². The molecule has 1 aromatic heterocycles. The minimum absolute atomic E-state index is 0.616. The molecular weight excluding hydrogens is 202 g/mol. The van der Waals surface area contributed by atoms with Gasteiger partial charge in [0.25, 0.3) is 0 Å². The number of ether oxygens (including phenoxy) is 1. The number of hydrogen-bond acceptors (Lipinski definition) is 4. The SMILES string of the molecule is Cc1nccnc1OCCC1CCCCN1. The van der Waals surface area contributed by atoms with Gasteiger partial charge in [-0.15, -0.1) is 0 Å². The van der Waals surface area contributed by atoms with Gasteiger partial charge in [-0.25, -0.2) is 4.98 Å². The first-order valence-corrected chi connectivity index (χ1v) is 6.00. The number of hydrogen-bond donors (Lipinski definition) is 1. The molecule has 0 amide bonds. The highest BCUT2D eigenvalue weighted by Gasteiger charge is 2.12. The molecule has 4 heteroatoms. The Bertz CT molecular complexity index is 324. The maximum Gasteiger partial charge on any atom is 0.235 e. The number of nitrogens with zero attached hydrogens (tertiary/aromatic N) is 2. The minimum Gasteiger partial charge on any atom is -0.476 e. The van der Waals surface area contributed by atoms with E-state index in [1.807, 2.05) is 6.92 Å². The zero-order valence-corrected chi connectivity index (χ0v) is 9.78. The summed E-state index contributed by atoms with van der Waals surface area (Å²) >= 11 is 0. The minimum atomic E-state index is 0.616. The van der Waals surface area contributed by atoms with Crippen LogP contribution in [0, 0.1) is 6.92 Å². The summed E-state index contributed by atoms with van der Waals surface area (Å²) in [6.07, 6.45) is 8.31. The Hall–Kier alpha value is -1.16. The smallest absolute Gasteiger partial charge is 0.235 e. The van der Waals surface area contributed by atoms with E-state index < -0.39 is 0 Å². The molecule has 4 nitrogen and oxygen atoms in total. The first-order chi connectivity index (χ1) is 7.86. The number of aryl methyl sites for hydroxylation is 1. The predicted molar refractivity (Wildman–Crippen MR) is 62.5 cm³/mol. The Balaban J connectivity index is 1.73. The maximum atomic E-state index is 5.63. The molecule has 0 bridgehead atoms. The van der Waals surface area contributed by atoms with E-state index in [1.54, 1.807) is 12.4 Å². The second kappa shape index (κ2) is 5.80. The van der Waals surface area contributed by atoms with Crippen molar-refractivity contribution in [2.24, 2.45) is 0 Å². The second-order valence-electron chi connectivity index (χ2n) is 4.23. The summed E-state index contributed by atoms with van der Waals surface area (Å²) in [5.41, 5.74) is 0.860. The normalized spacial score (nSPS) is 20.7. The highest BCUT2D eigenvalue weighted by molar-refractivity contribution is 5.14. The van der Waals surface area contributed by atoms with Gasteiger partial charge in [0, 0.05) is 18.4 Å². The van der Waals surface area contributed by atoms with Gasteiger partial charge < -0.3 is 10.1 Å². The molecule has 1 N–H and O–H groups in total. The third-order valence-electron chi connectivity index (χ3n) is 2.95.